The van der Waals surface area contributed by atoms with Crippen LogP contribution in [-0.2, 0) is 0 Å². The first-order chi connectivity index (χ1) is 11.7. The van der Waals surface area contributed by atoms with E-state index in [-0.39, 0.29) is 5.78 Å². The van der Waals surface area contributed by atoms with Gasteiger partial charge in [-0.05, 0) is 47.5 Å². The van der Waals surface area contributed by atoms with Crippen LogP contribution in [0.2, 0.25) is 0 Å². The van der Waals surface area contributed by atoms with Gasteiger partial charge < -0.3 is 4.74 Å². The average molecular weight is 313 g/mol. The van der Waals surface area contributed by atoms with Crippen molar-refractivity contribution < 1.29 is 9.53 Å². The van der Waals surface area contributed by atoms with E-state index in [0.717, 1.165) is 16.9 Å². The lowest BCUT2D eigenvalue weighted by Crippen LogP contribution is -2.01. The zero-order valence-electron chi connectivity index (χ0n) is 13.2. The van der Waals surface area contributed by atoms with Crippen molar-refractivity contribution in [1.29, 1.82) is 5.26 Å². The summed E-state index contributed by atoms with van der Waals surface area (Å²) in [7, 11) is 1.60. The minimum absolute atomic E-state index is 0.0240. The van der Waals surface area contributed by atoms with E-state index in [2.05, 4.69) is 6.07 Å². The zero-order chi connectivity index (χ0) is 16.9. The Hall–Kier alpha value is -3.38. The lowest BCUT2D eigenvalue weighted by atomic mass is 9.99. The van der Waals surface area contributed by atoms with Crippen LogP contribution >= 0.6 is 0 Å². The van der Waals surface area contributed by atoms with Gasteiger partial charge >= 0.3 is 0 Å². The van der Waals surface area contributed by atoms with Gasteiger partial charge in [-0.2, -0.15) is 5.26 Å². The second-order valence-electron chi connectivity index (χ2n) is 5.32. The van der Waals surface area contributed by atoms with Crippen LogP contribution in [0.5, 0.6) is 5.75 Å². The van der Waals surface area contributed by atoms with Crippen LogP contribution in [0.25, 0.3) is 11.1 Å². The molecule has 0 aliphatic rings. The number of benzene rings is 3. The monoisotopic (exact) mass is 313 g/mol. The maximum Gasteiger partial charge on any atom is 0.193 e. The van der Waals surface area contributed by atoms with Gasteiger partial charge in [0, 0.05) is 11.1 Å². The molecule has 0 saturated carbocycles. The van der Waals surface area contributed by atoms with Crippen molar-refractivity contribution in [2.45, 2.75) is 0 Å². The highest BCUT2D eigenvalue weighted by Crippen LogP contribution is 2.22. The second kappa shape index (κ2) is 6.80. The number of hydrogen-bond donors (Lipinski definition) is 0. The third-order valence-corrected chi connectivity index (χ3v) is 3.85. The summed E-state index contributed by atoms with van der Waals surface area (Å²) in [5, 5.41) is 8.84. The molecule has 3 nitrogen and oxygen atoms in total. The summed E-state index contributed by atoms with van der Waals surface area (Å²) >= 11 is 0. The Morgan fingerprint density at radius 2 is 1.25 bits per heavy atom. The molecule has 3 aromatic rings. The van der Waals surface area contributed by atoms with E-state index < -0.39 is 0 Å². The molecule has 0 atom stereocenters. The Morgan fingerprint density at radius 1 is 0.792 bits per heavy atom. The highest BCUT2D eigenvalue weighted by molar-refractivity contribution is 6.09. The van der Waals surface area contributed by atoms with Gasteiger partial charge in [0.05, 0.1) is 18.7 Å². The SMILES string of the molecule is COc1ccc(C(=O)c2ccc(-c3ccc(C#N)cc3)cc2)cc1. The predicted octanol–water partition coefficient (Wildman–Crippen LogP) is 4.46. The molecular formula is C21H15NO2. The third-order valence-electron chi connectivity index (χ3n) is 3.85. The predicted molar refractivity (Wildman–Crippen MR) is 93.0 cm³/mol. The average Bonchev–Trinajstić information content (AvgIpc) is 2.68. The molecular weight excluding hydrogens is 298 g/mol. The molecule has 0 N–H and O–H groups in total. The van der Waals surface area contributed by atoms with Gasteiger partial charge in [0.15, 0.2) is 5.78 Å². The highest BCUT2D eigenvalue weighted by atomic mass is 16.5. The first-order valence-electron chi connectivity index (χ1n) is 7.50. The van der Waals surface area contributed by atoms with Crippen molar-refractivity contribution in [3.8, 4) is 22.9 Å². The van der Waals surface area contributed by atoms with Gasteiger partial charge in [-0.15, -0.1) is 0 Å². The minimum Gasteiger partial charge on any atom is -0.497 e. The molecule has 0 fully saturated rings. The van der Waals surface area contributed by atoms with Gasteiger partial charge in [0.25, 0.3) is 0 Å². The van der Waals surface area contributed by atoms with Gasteiger partial charge in [-0.1, -0.05) is 36.4 Å². The Balaban J connectivity index is 1.82. The fourth-order valence-corrected chi connectivity index (χ4v) is 2.46. The Morgan fingerprint density at radius 3 is 1.71 bits per heavy atom. The van der Waals surface area contributed by atoms with Crippen LogP contribution in [-0.4, -0.2) is 12.9 Å². The van der Waals surface area contributed by atoms with E-state index >= 15 is 0 Å². The Labute approximate surface area is 140 Å². The molecule has 0 aliphatic heterocycles. The minimum atomic E-state index is -0.0240. The van der Waals surface area contributed by atoms with Crippen molar-refractivity contribution in [2.24, 2.45) is 0 Å². The maximum atomic E-state index is 12.5. The largest absolute Gasteiger partial charge is 0.497 e. The van der Waals surface area contributed by atoms with E-state index in [1.165, 1.54) is 0 Å². The molecule has 3 aromatic carbocycles. The smallest absolute Gasteiger partial charge is 0.193 e. The number of ether oxygens (including phenoxy) is 1. The van der Waals surface area contributed by atoms with E-state index in [4.69, 9.17) is 10.00 Å². The number of rotatable bonds is 4. The quantitative estimate of drug-likeness (QED) is 0.668. The van der Waals surface area contributed by atoms with Crippen LogP contribution in [0.15, 0.2) is 72.8 Å². The molecule has 0 aromatic heterocycles. The Bertz CT molecular complexity index is 887. The molecule has 0 heterocycles. The molecule has 116 valence electrons. The standard InChI is InChI=1S/C21H15NO2/c1-24-20-12-10-19(11-13-20)21(23)18-8-6-17(7-9-18)16-4-2-15(14-22)3-5-16/h2-13H,1H3. The van der Waals surface area contributed by atoms with Crippen molar-refractivity contribution in [3.05, 3.63) is 89.5 Å². The van der Waals surface area contributed by atoms with E-state index in [0.29, 0.717) is 16.7 Å². The van der Waals surface area contributed by atoms with Crippen molar-refractivity contribution in [2.75, 3.05) is 7.11 Å². The van der Waals surface area contributed by atoms with Crippen LogP contribution < -0.4 is 4.74 Å². The molecule has 0 unspecified atom stereocenters. The zero-order valence-corrected chi connectivity index (χ0v) is 13.2. The van der Waals surface area contributed by atoms with Crippen LogP contribution in [0.4, 0.5) is 0 Å². The molecule has 3 rings (SSSR count). The van der Waals surface area contributed by atoms with Crippen LogP contribution in [0.3, 0.4) is 0 Å². The van der Waals surface area contributed by atoms with Crippen molar-refractivity contribution >= 4 is 5.78 Å². The third kappa shape index (κ3) is 3.18. The van der Waals surface area contributed by atoms with Crippen LogP contribution in [0, 0.1) is 11.3 Å². The maximum absolute atomic E-state index is 12.5. The van der Waals surface area contributed by atoms with Gasteiger partial charge in [-0.3, -0.25) is 4.79 Å². The molecule has 0 radical (unpaired) electrons. The lowest BCUT2D eigenvalue weighted by Gasteiger charge is -2.05. The normalized spacial score (nSPS) is 10.0. The topological polar surface area (TPSA) is 50.1 Å². The molecule has 0 spiro atoms. The molecule has 0 amide bonds. The fraction of sp³-hybridized carbons (Fsp3) is 0.0476. The van der Waals surface area contributed by atoms with Crippen molar-refractivity contribution in [1.82, 2.24) is 0 Å². The first kappa shape index (κ1) is 15.5. The summed E-state index contributed by atoms with van der Waals surface area (Å²) < 4.78 is 5.10. The van der Waals surface area contributed by atoms with Crippen molar-refractivity contribution in [3.63, 3.8) is 0 Å². The van der Waals surface area contributed by atoms with Crippen LogP contribution in [0.1, 0.15) is 21.5 Å². The molecule has 0 saturated heterocycles. The second-order valence-corrected chi connectivity index (χ2v) is 5.32. The molecule has 0 bridgehead atoms. The molecule has 3 heteroatoms. The summed E-state index contributed by atoms with van der Waals surface area (Å²) in [6, 6.07) is 24.0. The molecule has 24 heavy (non-hydrogen) atoms. The number of methoxy groups -OCH3 is 1. The first-order valence-corrected chi connectivity index (χ1v) is 7.50. The van der Waals surface area contributed by atoms with Gasteiger partial charge in [-0.25, -0.2) is 0 Å². The fourth-order valence-electron chi connectivity index (χ4n) is 2.46. The number of nitriles is 1. The number of carbonyl (C=O) groups is 1. The summed E-state index contributed by atoms with van der Waals surface area (Å²) in [6.45, 7) is 0. The Kier molecular flexibility index (Phi) is 4.40. The van der Waals surface area contributed by atoms with E-state index in [9.17, 15) is 4.79 Å². The molecule has 0 aliphatic carbocycles. The summed E-state index contributed by atoms with van der Waals surface area (Å²) in [5.74, 6) is 0.701. The van der Waals surface area contributed by atoms with Gasteiger partial charge in [0.1, 0.15) is 5.75 Å². The van der Waals surface area contributed by atoms with Gasteiger partial charge in [0.2, 0.25) is 0 Å². The summed E-state index contributed by atoms with van der Waals surface area (Å²) in [5.41, 5.74) is 3.91. The number of nitrogens with zero attached hydrogens (tertiary/aromatic N) is 1. The summed E-state index contributed by atoms with van der Waals surface area (Å²) in [6.07, 6.45) is 0. The van der Waals surface area contributed by atoms with E-state index in [1.54, 1.807) is 43.5 Å². The number of carbonyl (C=O) groups excluding carboxylic acids is 1. The summed E-state index contributed by atoms with van der Waals surface area (Å²) in [4.78, 5) is 12.5. The number of ketones is 1. The highest BCUT2D eigenvalue weighted by Gasteiger charge is 2.09. The lowest BCUT2D eigenvalue weighted by molar-refractivity contribution is 0.103. The van der Waals surface area contributed by atoms with E-state index in [1.807, 2.05) is 36.4 Å². The number of hydrogen-bond acceptors (Lipinski definition) is 3.